The van der Waals surface area contributed by atoms with E-state index in [-0.39, 0.29) is 27.6 Å². The van der Waals surface area contributed by atoms with E-state index >= 15 is 0 Å². The van der Waals surface area contributed by atoms with Crippen LogP contribution in [0.15, 0.2) is 23.1 Å². The Bertz CT molecular complexity index is 634. The van der Waals surface area contributed by atoms with Crippen LogP contribution in [-0.2, 0) is 10.0 Å². The van der Waals surface area contributed by atoms with Gasteiger partial charge in [-0.1, -0.05) is 11.6 Å². The summed E-state index contributed by atoms with van der Waals surface area (Å²) >= 11 is 5.91. The van der Waals surface area contributed by atoms with Crippen molar-refractivity contribution in [3.8, 4) is 6.07 Å². The maximum Gasteiger partial charge on any atom is 0.242 e. The van der Waals surface area contributed by atoms with Gasteiger partial charge in [0, 0.05) is 12.1 Å². The van der Waals surface area contributed by atoms with Gasteiger partial charge < -0.3 is 4.90 Å². The van der Waals surface area contributed by atoms with Gasteiger partial charge in [-0.05, 0) is 46.1 Å². The van der Waals surface area contributed by atoms with Crippen LogP contribution in [0, 0.1) is 11.3 Å². The van der Waals surface area contributed by atoms with E-state index in [4.69, 9.17) is 16.9 Å². The van der Waals surface area contributed by atoms with Crippen molar-refractivity contribution in [1.82, 2.24) is 9.62 Å². The largest absolute Gasteiger partial charge is 0.303 e. The zero-order valence-electron chi connectivity index (χ0n) is 11.9. The van der Waals surface area contributed by atoms with Crippen molar-refractivity contribution in [2.24, 2.45) is 0 Å². The number of sulfonamides is 1. The van der Waals surface area contributed by atoms with E-state index in [0.29, 0.717) is 0 Å². The van der Waals surface area contributed by atoms with E-state index in [1.54, 1.807) is 0 Å². The molecule has 0 bridgehead atoms. The van der Waals surface area contributed by atoms with Crippen LogP contribution in [0.3, 0.4) is 0 Å². The van der Waals surface area contributed by atoms with Crippen LogP contribution < -0.4 is 4.72 Å². The smallest absolute Gasteiger partial charge is 0.242 e. The van der Waals surface area contributed by atoms with E-state index in [1.165, 1.54) is 18.2 Å². The molecule has 110 valence electrons. The standard InChI is InChI=1S/C13H18ClN3O2S/c1-13(2,17(3)4)9-16-20(18,19)12-7-10(8-15)5-6-11(12)14/h5-7,16H,9H2,1-4H3. The molecule has 0 fully saturated rings. The van der Waals surface area contributed by atoms with Crippen molar-refractivity contribution in [3.63, 3.8) is 0 Å². The number of likely N-dealkylation sites (N-methyl/N-ethyl adjacent to an activating group) is 1. The first-order valence-corrected chi connectivity index (χ1v) is 7.83. The van der Waals surface area contributed by atoms with Crippen molar-refractivity contribution in [1.29, 1.82) is 5.26 Å². The first-order chi connectivity index (χ1) is 9.10. The van der Waals surface area contributed by atoms with Crippen LogP contribution >= 0.6 is 11.6 Å². The second-order valence-corrected chi connectivity index (χ2v) is 7.43. The van der Waals surface area contributed by atoms with Crippen LogP contribution in [-0.4, -0.2) is 39.5 Å². The Morgan fingerprint density at radius 3 is 2.50 bits per heavy atom. The van der Waals surface area contributed by atoms with Crippen molar-refractivity contribution in [2.45, 2.75) is 24.3 Å². The highest BCUT2D eigenvalue weighted by atomic mass is 35.5. The normalized spacial score (nSPS) is 12.4. The predicted octanol–water partition coefficient (Wildman–Crippen LogP) is 1.83. The molecular formula is C13H18ClN3O2S. The van der Waals surface area contributed by atoms with E-state index in [2.05, 4.69) is 4.72 Å². The summed E-state index contributed by atoms with van der Waals surface area (Å²) in [4.78, 5) is 1.84. The van der Waals surface area contributed by atoms with Crippen LogP contribution in [0.2, 0.25) is 5.02 Å². The van der Waals surface area contributed by atoms with E-state index < -0.39 is 10.0 Å². The van der Waals surface area contributed by atoms with Gasteiger partial charge in [0.25, 0.3) is 0 Å². The van der Waals surface area contributed by atoms with Gasteiger partial charge in [-0.15, -0.1) is 0 Å². The molecule has 0 heterocycles. The molecule has 1 aromatic carbocycles. The summed E-state index contributed by atoms with van der Waals surface area (Å²) in [5.74, 6) is 0. The molecule has 0 radical (unpaired) electrons. The highest BCUT2D eigenvalue weighted by Gasteiger charge is 2.25. The highest BCUT2D eigenvalue weighted by molar-refractivity contribution is 7.89. The van der Waals surface area contributed by atoms with E-state index in [9.17, 15) is 8.42 Å². The Kier molecular flexibility index (Phi) is 5.16. The van der Waals surface area contributed by atoms with Gasteiger partial charge >= 0.3 is 0 Å². The summed E-state index contributed by atoms with van der Waals surface area (Å²) in [6.07, 6.45) is 0. The van der Waals surface area contributed by atoms with Gasteiger partial charge in [-0.25, -0.2) is 13.1 Å². The molecule has 0 aromatic heterocycles. The number of nitrogens with zero attached hydrogens (tertiary/aromatic N) is 2. The van der Waals surface area contributed by atoms with Gasteiger partial charge in [-0.3, -0.25) is 0 Å². The van der Waals surface area contributed by atoms with Gasteiger partial charge in [0.2, 0.25) is 10.0 Å². The lowest BCUT2D eigenvalue weighted by atomic mass is 10.1. The monoisotopic (exact) mass is 315 g/mol. The number of hydrogen-bond acceptors (Lipinski definition) is 4. The van der Waals surface area contributed by atoms with Gasteiger partial charge in [0.1, 0.15) is 4.90 Å². The average molecular weight is 316 g/mol. The fourth-order valence-electron chi connectivity index (χ4n) is 1.29. The Labute approximate surface area is 125 Å². The third-order valence-electron chi connectivity index (χ3n) is 3.26. The van der Waals surface area contributed by atoms with Crippen LogP contribution in [0.1, 0.15) is 19.4 Å². The van der Waals surface area contributed by atoms with Crippen molar-refractivity contribution in [2.75, 3.05) is 20.6 Å². The first kappa shape index (κ1) is 16.9. The Morgan fingerprint density at radius 1 is 1.40 bits per heavy atom. The molecule has 0 saturated heterocycles. The second-order valence-electron chi connectivity index (χ2n) is 5.29. The third kappa shape index (κ3) is 3.93. The summed E-state index contributed by atoms with van der Waals surface area (Å²) in [5.41, 5.74) is -0.0894. The molecule has 1 rings (SSSR count). The number of halogens is 1. The van der Waals surface area contributed by atoms with Crippen LogP contribution in [0.25, 0.3) is 0 Å². The summed E-state index contributed by atoms with van der Waals surface area (Å²) in [7, 11) is -0.00478. The summed E-state index contributed by atoms with van der Waals surface area (Å²) in [6.45, 7) is 4.07. The average Bonchev–Trinajstić information content (AvgIpc) is 2.37. The molecule has 0 amide bonds. The predicted molar refractivity (Wildman–Crippen MR) is 79.1 cm³/mol. The summed E-state index contributed by atoms with van der Waals surface area (Å²) < 4.78 is 27.1. The minimum atomic E-state index is -3.75. The van der Waals surface area contributed by atoms with Gasteiger partial charge in [0.15, 0.2) is 0 Å². The maximum absolute atomic E-state index is 12.3. The molecule has 0 aliphatic rings. The van der Waals surface area contributed by atoms with Gasteiger partial charge in [0.05, 0.1) is 16.7 Å². The quantitative estimate of drug-likeness (QED) is 0.899. The number of rotatable bonds is 5. The fraction of sp³-hybridized carbons (Fsp3) is 0.462. The van der Waals surface area contributed by atoms with Crippen LogP contribution in [0.4, 0.5) is 0 Å². The van der Waals surface area contributed by atoms with Crippen molar-refractivity contribution < 1.29 is 8.42 Å². The molecule has 1 N–H and O–H groups in total. The fourth-order valence-corrected chi connectivity index (χ4v) is 3.01. The van der Waals surface area contributed by atoms with E-state index in [1.807, 2.05) is 38.9 Å². The maximum atomic E-state index is 12.3. The number of nitrogens with one attached hydrogen (secondary N) is 1. The molecule has 20 heavy (non-hydrogen) atoms. The molecule has 7 heteroatoms. The molecular weight excluding hydrogens is 298 g/mol. The zero-order chi connectivity index (χ0) is 15.6. The molecule has 0 saturated carbocycles. The molecule has 0 aliphatic carbocycles. The highest BCUT2D eigenvalue weighted by Crippen LogP contribution is 2.22. The summed E-state index contributed by atoms with van der Waals surface area (Å²) in [5, 5.41) is 8.93. The number of nitriles is 1. The van der Waals surface area contributed by atoms with Crippen molar-refractivity contribution in [3.05, 3.63) is 28.8 Å². The first-order valence-electron chi connectivity index (χ1n) is 5.97. The molecule has 5 nitrogen and oxygen atoms in total. The lowest BCUT2D eigenvalue weighted by molar-refractivity contribution is 0.199. The number of hydrogen-bond donors (Lipinski definition) is 1. The molecule has 1 aromatic rings. The summed E-state index contributed by atoms with van der Waals surface area (Å²) in [6, 6.07) is 6.06. The molecule has 0 unspecified atom stereocenters. The molecule has 0 aliphatic heterocycles. The Morgan fingerprint density at radius 2 is 2.00 bits per heavy atom. The zero-order valence-corrected chi connectivity index (χ0v) is 13.5. The third-order valence-corrected chi connectivity index (χ3v) is 5.14. The minimum Gasteiger partial charge on any atom is -0.303 e. The Hall–Kier alpha value is -1.13. The second kappa shape index (κ2) is 6.10. The lowest BCUT2D eigenvalue weighted by Gasteiger charge is -2.32. The van der Waals surface area contributed by atoms with Crippen molar-refractivity contribution >= 4 is 21.6 Å². The van der Waals surface area contributed by atoms with E-state index in [0.717, 1.165) is 0 Å². The topological polar surface area (TPSA) is 73.2 Å². The molecule has 0 spiro atoms. The number of benzene rings is 1. The Balaban J connectivity index is 3.04. The molecule has 0 atom stereocenters. The minimum absolute atomic E-state index is 0.0761. The SMILES string of the molecule is CN(C)C(C)(C)CNS(=O)(=O)c1cc(C#N)ccc1Cl. The lowest BCUT2D eigenvalue weighted by Crippen LogP contribution is -2.48. The van der Waals surface area contributed by atoms with Gasteiger partial charge in [-0.2, -0.15) is 5.26 Å². The van der Waals surface area contributed by atoms with Crippen LogP contribution in [0.5, 0.6) is 0 Å².